The van der Waals surface area contributed by atoms with Crippen LogP contribution in [0.4, 0.5) is 0 Å². The van der Waals surface area contributed by atoms with Crippen molar-refractivity contribution in [2.45, 2.75) is 45.6 Å². The molecule has 1 aromatic carbocycles. The molecule has 1 heterocycles. The SMILES string of the molecule is CCN(C(=O)CCCC(=O)O)[C@@H](C)Cc1ccc2c(c1)OCO2. The third kappa shape index (κ3) is 4.61. The molecule has 1 aliphatic heterocycles. The number of likely N-dealkylation sites (N-methyl/N-ethyl adjacent to an activating group) is 1. The number of rotatable bonds is 8. The number of carbonyl (C=O) groups is 2. The number of amides is 1. The molecule has 0 radical (unpaired) electrons. The summed E-state index contributed by atoms with van der Waals surface area (Å²) in [5, 5.41) is 8.66. The van der Waals surface area contributed by atoms with E-state index >= 15 is 0 Å². The Labute approximate surface area is 136 Å². The quantitative estimate of drug-likeness (QED) is 0.796. The molecule has 23 heavy (non-hydrogen) atoms. The van der Waals surface area contributed by atoms with Gasteiger partial charge in [0.15, 0.2) is 11.5 Å². The van der Waals surface area contributed by atoms with E-state index in [0.29, 0.717) is 13.0 Å². The van der Waals surface area contributed by atoms with Crippen molar-refractivity contribution in [3.8, 4) is 11.5 Å². The Morgan fingerprint density at radius 3 is 2.70 bits per heavy atom. The second kappa shape index (κ2) is 7.85. The fourth-order valence-corrected chi connectivity index (χ4v) is 2.79. The maximum absolute atomic E-state index is 12.3. The zero-order chi connectivity index (χ0) is 16.8. The lowest BCUT2D eigenvalue weighted by Crippen LogP contribution is -2.39. The smallest absolute Gasteiger partial charge is 0.303 e. The third-order valence-corrected chi connectivity index (χ3v) is 3.94. The van der Waals surface area contributed by atoms with Gasteiger partial charge in [-0.1, -0.05) is 6.07 Å². The minimum Gasteiger partial charge on any atom is -0.481 e. The van der Waals surface area contributed by atoms with Gasteiger partial charge in [-0.3, -0.25) is 9.59 Å². The highest BCUT2D eigenvalue weighted by atomic mass is 16.7. The van der Waals surface area contributed by atoms with Crippen LogP contribution in [0.1, 0.15) is 38.7 Å². The zero-order valence-electron chi connectivity index (χ0n) is 13.6. The van der Waals surface area contributed by atoms with Crippen LogP contribution in [0.5, 0.6) is 11.5 Å². The molecule has 0 saturated carbocycles. The van der Waals surface area contributed by atoms with Crippen LogP contribution in [0.3, 0.4) is 0 Å². The normalized spacial score (nSPS) is 13.7. The number of hydrogen-bond donors (Lipinski definition) is 1. The largest absolute Gasteiger partial charge is 0.481 e. The van der Waals surface area contributed by atoms with Gasteiger partial charge in [0, 0.05) is 25.4 Å². The summed E-state index contributed by atoms with van der Waals surface area (Å²) >= 11 is 0. The molecular formula is C17H23NO5. The summed E-state index contributed by atoms with van der Waals surface area (Å²) in [6.45, 7) is 4.80. The first-order valence-electron chi connectivity index (χ1n) is 7.91. The van der Waals surface area contributed by atoms with Gasteiger partial charge in [0.05, 0.1) is 0 Å². The fourth-order valence-electron chi connectivity index (χ4n) is 2.79. The van der Waals surface area contributed by atoms with Gasteiger partial charge in [-0.15, -0.1) is 0 Å². The minimum absolute atomic E-state index is 0.00185. The van der Waals surface area contributed by atoms with Gasteiger partial charge in [-0.05, 0) is 44.4 Å². The molecular weight excluding hydrogens is 298 g/mol. The van der Waals surface area contributed by atoms with Crippen LogP contribution in [0, 0.1) is 0 Å². The Kier molecular flexibility index (Phi) is 5.84. The first kappa shape index (κ1) is 17.1. The fraction of sp³-hybridized carbons (Fsp3) is 0.529. The maximum atomic E-state index is 12.3. The number of aliphatic carboxylic acids is 1. The molecule has 6 heteroatoms. The van der Waals surface area contributed by atoms with E-state index in [-0.39, 0.29) is 31.6 Å². The molecule has 126 valence electrons. The minimum atomic E-state index is -0.866. The lowest BCUT2D eigenvalue weighted by atomic mass is 10.0. The molecule has 0 unspecified atom stereocenters. The number of fused-ring (bicyclic) bond motifs is 1. The van der Waals surface area contributed by atoms with Crippen LogP contribution in [-0.2, 0) is 16.0 Å². The van der Waals surface area contributed by atoms with E-state index in [4.69, 9.17) is 14.6 Å². The highest BCUT2D eigenvalue weighted by Crippen LogP contribution is 2.33. The number of ether oxygens (including phenoxy) is 2. The Hall–Kier alpha value is -2.24. The summed E-state index contributed by atoms with van der Waals surface area (Å²) in [6, 6.07) is 5.85. The number of benzene rings is 1. The highest BCUT2D eigenvalue weighted by Gasteiger charge is 2.20. The summed E-state index contributed by atoms with van der Waals surface area (Å²) in [7, 11) is 0. The van der Waals surface area contributed by atoms with Crippen molar-refractivity contribution < 1.29 is 24.2 Å². The van der Waals surface area contributed by atoms with E-state index in [9.17, 15) is 9.59 Å². The molecule has 6 nitrogen and oxygen atoms in total. The van der Waals surface area contributed by atoms with Crippen LogP contribution >= 0.6 is 0 Å². The van der Waals surface area contributed by atoms with Crippen molar-refractivity contribution in [2.24, 2.45) is 0 Å². The predicted molar refractivity (Wildman–Crippen MR) is 84.6 cm³/mol. The van der Waals surface area contributed by atoms with Crippen molar-refractivity contribution in [1.82, 2.24) is 4.90 Å². The van der Waals surface area contributed by atoms with Crippen LogP contribution in [-0.4, -0.2) is 41.3 Å². The lowest BCUT2D eigenvalue weighted by Gasteiger charge is -2.28. The zero-order valence-corrected chi connectivity index (χ0v) is 13.6. The number of carboxylic acids is 1. The van der Waals surface area contributed by atoms with E-state index in [1.807, 2.05) is 32.0 Å². The van der Waals surface area contributed by atoms with E-state index in [1.165, 1.54) is 0 Å². The van der Waals surface area contributed by atoms with Gasteiger partial charge >= 0.3 is 5.97 Å². The Morgan fingerprint density at radius 1 is 1.26 bits per heavy atom. The molecule has 0 fully saturated rings. The molecule has 1 aromatic rings. The average Bonchev–Trinajstić information content (AvgIpc) is 2.95. The number of nitrogens with zero attached hydrogens (tertiary/aromatic N) is 1. The molecule has 1 aliphatic rings. The first-order valence-corrected chi connectivity index (χ1v) is 7.91. The van der Waals surface area contributed by atoms with Gasteiger partial charge in [0.25, 0.3) is 0 Å². The number of hydrogen-bond acceptors (Lipinski definition) is 4. The van der Waals surface area contributed by atoms with Gasteiger partial charge in [-0.25, -0.2) is 0 Å². The second-order valence-corrected chi connectivity index (χ2v) is 5.67. The lowest BCUT2D eigenvalue weighted by molar-refractivity contribution is -0.137. The molecule has 1 amide bonds. The summed E-state index contributed by atoms with van der Waals surface area (Å²) < 4.78 is 10.7. The number of carboxylic acid groups (broad SMARTS) is 1. The van der Waals surface area contributed by atoms with Crippen LogP contribution in [0.15, 0.2) is 18.2 Å². The second-order valence-electron chi connectivity index (χ2n) is 5.67. The summed E-state index contributed by atoms with van der Waals surface area (Å²) in [4.78, 5) is 24.6. The van der Waals surface area contributed by atoms with Gasteiger partial charge < -0.3 is 19.5 Å². The van der Waals surface area contributed by atoms with Gasteiger partial charge in [0.1, 0.15) is 0 Å². The topological polar surface area (TPSA) is 76.1 Å². The van der Waals surface area contributed by atoms with Gasteiger partial charge in [0.2, 0.25) is 12.7 Å². The van der Waals surface area contributed by atoms with Crippen LogP contribution in [0.25, 0.3) is 0 Å². The van der Waals surface area contributed by atoms with Crippen molar-refractivity contribution in [3.05, 3.63) is 23.8 Å². The Morgan fingerprint density at radius 2 is 2.00 bits per heavy atom. The molecule has 1 N–H and O–H groups in total. The summed E-state index contributed by atoms with van der Waals surface area (Å²) in [6.07, 6.45) is 1.39. The predicted octanol–water partition coefficient (Wildman–Crippen LogP) is 2.45. The Balaban J connectivity index is 1.92. The van der Waals surface area contributed by atoms with Gasteiger partial charge in [-0.2, -0.15) is 0 Å². The highest BCUT2D eigenvalue weighted by molar-refractivity contribution is 5.77. The molecule has 1 atom stereocenters. The Bertz CT molecular complexity index is 572. The van der Waals surface area contributed by atoms with Crippen molar-refractivity contribution in [2.75, 3.05) is 13.3 Å². The standard InChI is InChI=1S/C17H23NO5/c1-3-18(16(19)5-4-6-17(20)21)12(2)9-13-7-8-14-15(10-13)23-11-22-14/h7-8,10,12H,3-6,9,11H2,1-2H3,(H,20,21)/t12-/m0/s1. The molecule has 0 bridgehead atoms. The van der Waals surface area contributed by atoms with E-state index in [0.717, 1.165) is 23.5 Å². The van der Waals surface area contributed by atoms with Crippen LogP contribution in [0.2, 0.25) is 0 Å². The van der Waals surface area contributed by atoms with E-state index in [1.54, 1.807) is 4.90 Å². The molecule has 2 rings (SSSR count). The molecule has 0 saturated heterocycles. The molecule has 0 spiro atoms. The molecule has 0 aromatic heterocycles. The maximum Gasteiger partial charge on any atom is 0.303 e. The average molecular weight is 321 g/mol. The van der Waals surface area contributed by atoms with E-state index in [2.05, 4.69) is 0 Å². The number of carbonyl (C=O) groups excluding carboxylic acids is 1. The van der Waals surface area contributed by atoms with Crippen molar-refractivity contribution >= 4 is 11.9 Å². The van der Waals surface area contributed by atoms with Crippen molar-refractivity contribution in [3.63, 3.8) is 0 Å². The monoisotopic (exact) mass is 321 g/mol. The molecule has 0 aliphatic carbocycles. The summed E-state index contributed by atoms with van der Waals surface area (Å²) in [5.41, 5.74) is 1.08. The van der Waals surface area contributed by atoms with E-state index < -0.39 is 5.97 Å². The first-order chi connectivity index (χ1) is 11.0. The summed E-state index contributed by atoms with van der Waals surface area (Å²) in [5.74, 6) is 0.625. The van der Waals surface area contributed by atoms with Crippen molar-refractivity contribution in [1.29, 1.82) is 0 Å². The third-order valence-electron chi connectivity index (χ3n) is 3.94. The van der Waals surface area contributed by atoms with Crippen LogP contribution < -0.4 is 9.47 Å².